The summed E-state index contributed by atoms with van der Waals surface area (Å²) in [4.78, 5) is 29.2. The summed E-state index contributed by atoms with van der Waals surface area (Å²) < 4.78 is 13.0. The van der Waals surface area contributed by atoms with Crippen molar-refractivity contribution in [3.63, 3.8) is 0 Å². The fraction of sp³-hybridized carbons (Fsp3) is 0.636. The third-order valence-electron chi connectivity index (χ3n) is 6.30. The molecule has 1 heterocycles. The van der Waals surface area contributed by atoms with Crippen LogP contribution in [-0.2, 0) is 16.0 Å². The van der Waals surface area contributed by atoms with E-state index >= 15 is 0 Å². The molecule has 1 aromatic rings. The topological polar surface area (TPSA) is 52.7 Å². The molecular formula is C22H32FN3O2. The average molecular weight is 390 g/mol. The minimum absolute atomic E-state index is 0.0550. The van der Waals surface area contributed by atoms with Crippen LogP contribution in [0.1, 0.15) is 45.1 Å². The molecule has 3 atom stereocenters. The van der Waals surface area contributed by atoms with E-state index in [4.69, 9.17) is 0 Å². The lowest BCUT2D eigenvalue weighted by molar-refractivity contribution is -0.133. The van der Waals surface area contributed by atoms with E-state index in [2.05, 4.69) is 17.1 Å². The molecule has 28 heavy (non-hydrogen) atoms. The first-order valence-corrected chi connectivity index (χ1v) is 10.5. The Morgan fingerprint density at radius 3 is 2.39 bits per heavy atom. The largest absolute Gasteiger partial charge is 0.352 e. The smallest absolute Gasteiger partial charge is 0.237 e. The van der Waals surface area contributed by atoms with Crippen LogP contribution in [0, 0.1) is 11.7 Å². The molecule has 0 aromatic heterocycles. The van der Waals surface area contributed by atoms with Crippen molar-refractivity contribution in [1.82, 2.24) is 15.1 Å². The lowest BCUT2D eigenvalue weighted by atomic mass is 9.86. The van der Waals surface area contributed by atoms with E-state index in [0.29, 0.717) is 38.1 Å². The third kappa shape index (κ3) is 5.31. The fourth-order valence-corrected chi connectivity index (χ4v) is 4.25. The van der Waals surface area contributed by atoms with Crippen LogP contribution in [0.5, 0.6) is 0 Å². The highest BCUT2D eigenvalue weighted by Crippen LogP contribution is 2.24. The Balaban J connectivity index is 1.45. The Morgan fingerprint density at radius 2 is 1.75 bits per heavy atom. The number of nitrogens with zero attached hydrogens (tertiary/aromatic N) is 2. The van der Waals surface area contributed by atoms with Crippen LogP contribution in [-0.4, -0.2) is 59.9 Å². The molecule has 1 saturated heterocycles. The molecule has 1 N–H and O–H groups in total. The van der Waals surface area contributed by atoms with Crippen molar-refractivity contribution in [2.24, 2.45) is 5.92 Å². The summed E-state index contributed by atoms with van der Waals surface area (Å²) in [7, 11) is 0. The van der Waals surface area contributed by atoms with E-state index in [9.17, 15) is 14.0 Å². The molecule has 2 aliphatic rings. The molecular weight excluding hydrogens is 357 g/mol. The van der Waals surface area contributed by atoms with E-state index in [-0.39, 0.29) is 30.1 Å². The molecule has 2 amide bonds. The standard InChI is InChI=1S/C22H32FN3O2/c1-16-5-3-4-6-20(16)24-22(28)17(2)25-11-13-26(14-12-25)21(27)15-18-7-9-19(23)10-8-18/h7-10,16-17,20H,3-6,11-15H2,1-2H3,(H,24,28). The summed E-state index contributed by atoms with van der Waals surface area (Å²) in [6.07, 6.45) is 5.00. The number of benzene rings is 1. The zero-order chi connectivity index (χ0) is 20.1. The van der Waals surface area contributed by atoms with Gasteiger partial charge in [0.2, 0.25) is 11.8 Å². The number of carbonyl (C=O) groups excluding carboxylic acids is 2. The molecule has 1 aromatic carbocycles. The van der Waals surface area contributed by atoms with E-state index in [1.807, 2.05) is 11.8 Å². The maximum atomic E-state index is 13.0. The van der Waals surface area contributed by atoms with Crippen molar-refractivity contribution in [3.8, 4) is 0 Å². The lowest BCUT2D eigenvalue weighted by Gasteiger charge is -2.38. The molecule has 2 fully saturated rings. The SMILES string of the molecule is CC1CCCCC1NC(=O)C(C)N1CCN(C(=O)Cc2ccc(F)cc2)CC1. The lowest BCUT2D eigenvalue weighted by Crippen LogP contribution is -2.56. The Labute approximate surface area is 167 Å². The summed E-state index contributed by atoms with van der Waals surface area (Å²) in [5.74, 6) is 0.412. The predicted molar refractivity (Wildman–Crippen MR) is 107 cm³/mol. The second-order valence-electron chi connectivity index (χ2n) is 8.27. The van der Waals surface area contributed by atoms with Crippen LogP contribution in [0.2, 0.25) is 0 Å². The van der Waals surface area contributed by atoms with Gasteiger partial charge >= 0.3 is 0 Å². The maximum absolute atomic E-state index is 13.0. The van der Waals surface area contributed by atoms with Crippen LogP contribution >= 0.6 is 0 Å². The molecule has 0 spiro atoms. The first-order valence-electron chi connectivity index (χ1n) is 10.5. The van der Waals surface area contributed by atoms with Gasteiger partial charge in [0.25, 0.3) is 0 Å². The summed E-state index contributed by atoms with van der Waals surface area (Å²) in [6, 6.07) is 6.19. The molecule has 1 saturated carbocycles. The van der Waals surface area contributed by atoms with Crippen molar-refractivity contribution in [2.75, 3.05) is 26.2 Å². The molecule has 6 heteroatoms. The minimum Gasteiger partial charge on any atom is -0.352 e. The summed E-state index contributed by atoms with van der Waals surface area (Å²) in [5, 5.41) is 3.25. The molecule has 5 nitrogen and oxygen atoms in total. The number of carbonyl (C=O) groups is 2. The van der Waals surface area contributed by atoms with Gasteiger partial charge in [-0.3, -0.25) is 14.5 Å². The maximum Gasteiger partial charge on any atom is 0.237 e. The number of hydrogen-bond acceptors (Lipinski definition) is 3. The molecule has 3 rings (SSSR count). The normalized spacial score (nSPS) is 24.6. The van der Waals surface area contributed by atoms with Gasteiger partial charge < -0.3 is 10.2 Å². The number of amides is 2. The monoisotopic (exact) mass is 389 g/mol. The zero-order valence-electron chi connectivity index (χ0n) is 17.0. The van der Waals surface area contributed by atoms with Gasteiger partial charge in [-0.2, -0.15) is 0 Å². The number of nitrogens with one attached hydrogen (secondary N) is 1. The van der Waals surface area contributed by atoms with Gasteiger partial charge in [0.05, 0.1) is 12.5 Å². The van der Waals surface area contributed by atoms with E-state index < -0.39 is 0 Å². The van der Waals surface area contributed by atoms with Gasteiger partial charge in [-0.15, -0.1) is 0 Å². The van der Waals surface area contributed by atoms with Crippen LogP contribution in [0.3, 0.4) is 0 Å². The van der Waals surface area contributed by atoms with Crippen LogP contribution < -0.4 is 5.32 Å². The van der Waals surface area contributed by atoms with Crippen molar-refractivity contribution >= 4 is 11.8 Å². The zero-order valence-corrected chi connectivity index (χ0v) is 17.0. The van der Waals surface area contributed by atoms with Gasteiger partial charge in [0.1, 0.15) is 5.82 Å². The van der Waals surface area contributed by atoms with Crippen LogP contribution in [0.4, 0.5) is 4.39 Å². The number of halogens is 1. The fourth-order valence-electron chi connectivity index (χ4n) is 4.25. The number of rotatable bonds is 5. The second-order valence-corrected chi connectivity index (χ2v) is 8.27. The van der Waals surface area contributed by atoms with Crippen molar-refractivity contribution in [3.05, 3.63) is 35.6 Å². The summed E-state index contributed by atoms with van der Waals surface area (Å²) >= 11 is 0. The van der Waals surface area contributed by atoms with Crippen molar-refractivity contribution in [2.45, 2.75) is 58.0 Å². The summed E-state index contributed by atoms with van der Waals surface area (Å²) in [6.45, 7) is 6.82. The Morgan fingerprint density at radius 1 is 1.11 bits per heavy atom. The Hall–Kier alpha value is -1.95. The first kappa shape index (κ1) is 20.8. The Bertz CT molecular complexity index is 671. The molecule has 3 unspecified atom stereocenters. The van der Waals surface area contributed by atoms with Gasteiger partial charge in [-0.05, 0) is 43.4 Å². The third-order valence-corrected chi connectivity index (χ3v) is 6.30. The first-order chi connectivity index (χ1) is 13.4. The minimum atomic E-state index is -0.292. The van der Waals surface area contributed by atoms with Gasteiger partial charge in [-0.25, -0.2) is 4.39 Å². The quantitative estimate of drug-likeness (QED) is 0.842. The highest BCUT2D eigenvalue weighted by molar-refractivity contribution is 5.82. The van der Waals surface area contributed by atoms with E-state index in [0.717, 1.165) is 12.0 Å². The van der Waals surface area contributed by atoms with E-state index in [1.165, 1.54) is 31.4 Å². The van der Waals surface area contributed by atoms with Crippen LogP contribution in [0.25, 0.3) is 0 Å². The predicted octanol–water partition coefficient (Wildman–Crippen LogP) is 2.60. The van der Waals surface area contributed by atoms with Crippen molar-refractivity contribution in [1.29, 1.82) is 0 Å². The molecule has 154 valence electrons. The number of piperazine rings is 1. The Kier molecular flexibility index (Phi) is 7.05. The number of hydrogen-bond donors (Lipinski definition) is 1. The second kappa shape index (κ2) is 9.50. The van der Waals surface area contributed by atoms with Gasteiger partial charge in [0, 0.05) is 32.2 Å². The molecule has 1 aliphatic heterocycles. The van der Waals surface area contributed by atoms with Gasteiger partial charge in [-0.1, -0.05) is 31.9 Å². The molecule has 0 bridgehead atoms. The van der Waals surface area contributed by atoms with Gasteiger partial charge in [0.15, 0.2) is 0 Å². The van der Waals surface area contributed by atoms with Crippen LogP contribution in [0.15, 0.2) is 24.3 Å². The molecule has 0 radical (unpaired) electrons. The average Bonchev–Trinajstić information content (AvgIpc) is 2.71. The summed E-state index contributed by atoms with van der Waals surface area (Å²) in [5.41, 5.74) is 0.822. The van der Waals surface area contributed by atoms with E-state index in [1.54, 1.807) is 12.1 Å². The highest BCUT2D eigenvalue weighted by atomic mass is 19.1. The highest BCUT2D eigenvalue weighted by Gasteiger charge is 2.30. The molecule has 1 aliphatic carbocycles. The van der Waals surface area contributed by atoms with Crippen molar-refractivity contribution < 1.29 is 14.0 Å².